The highest BCUT2D eigenvalue weighted by Crippen LogP contribution is 2.21. The van der Waals surface area contributed by atoms with E-state index in [-0.39, 0.29) is 0 Å². The zero-order valence-electron chi connectivity index (χ0n) is 6.81. The molecule has 1 aliphatic rings. The molecule has 0 saturated carbocycles. The molecular formula is C8H11N3O. The summed E-state index contributed by atoms with van der Waals surface area (Å²) in [5.74, 6) is 1.24. The summed E-state index contributed by atoms with van der Waals surface area (Å²) in [5, 5.41) is 0. The Hall–Kier alpha value is -1.03. The molecule has 0 spiro atoms. The molecule has 1 aromatic rings. The minimum atomic E-state index is 0.377. The molecule has 0 amide bonds. The minimum absolute atomic E-state index is 0.377. The lowest BCUT2D eigenvalue weighted by Crippen LogP contribution is -2.17. The van der Waals surface area contributed by atoms with Crippen molar-refractivity contribution in [2.75, 3.05) is 13.2 Å². The summed E-state index contributed by atoms with van der Waals surface area (Å²) < 4.78 is 5.34. The molecule has 0 N–H and O–H groups in total. The Labute approximate surface area is 71.0 Å². The summed E-state index contributed by atoms with van der Waals surface area (Å²) in [6, 6.07) is 0. The van der Waals surface area contributed by atoms with Crippen molar-refractivity contribution >= 4 is 0 Å². The molecule has 1 unspecified atom stereocenters. The van der Waals surface area contributed by atoms with Gasteiger partial charge in [-0.2, -0.15) is 0 Å². The summed E-state index contributed by atoms with van der Waals surface area (Å²) in [7, 11) is 0. The predicted molar refractivity (Wildman–Crippen MR) is 42.6 cm³/mol. The summed E-state index contributed by atoms with van der Waals surface area (Å²) in [6.07, 6.45) is 5.31. The van der Waals surface area contributed by atoms with Gasteiger partial charge in [-0.15, -0.1) is 0 Å². The molecule has 0 aliphatic carbocycles. The van der Waals surface area contributed by atoms with Crippen molar-refractivity contribution in [1.82, 2.24) is 15.0 Å². The Morgan fingerprint density at radius 1 is 1.33 bits per heavy atom. The molecule has 1 atom stereocenters. The van der Waals surface area contributed by atoms with Crippen LogP contribution < -0.4 is 0 Å². The maximum Gasteiger partial charge on any atom is 0.137 e. The van der Waals surface area contributed by atoms with E-state index in [1.807, 2.05) is 0 Å². The van der Waals surface area contributed by atoms with Crippen molar-refractivity contribution in [2.24, 2.45) is 0 Å². The van der Waals surface area contributed by atoms with Crippen molar-refractivity contribution < 1.29 is 4.74 Å². The first-order chi connectivity index (χ1) is 5.97. The van der Waals surface area contributed by atoms with Crippen molar-refractivity contribution in [3.63, 3.8) is 0 Å². The zero-order valence-corrected chi connectivity index (χ0v) is 6.81. The largest absolute Gasteiger partial charge is 0.381 e. The van der Waals surface area contributed by atoms with Gasteiger partial charge in [0.25, 0.3) is 0 Å². The zero-order chi connectivity index (χ0) is 8.23. The van der Waals surface area contributed by atoms with Gasteiger partial charge in [-0.05, 0) is 12.8 Å². The molecule has 64 valence electrons. The fourth-order valence-electron chi connectivity index (χ4n) is 1.40. The lowest BCUT2D eigenvalue weighted by atomic mass is 10.0. The van der Waals surface area contributed by atoms with Crippen LogP contribution >= 0.6 is 0 Å². The Kier molecular flexibility index (Phi) is 2.27. The Morgan fingerprint density at radius 3 is 2.83 bits per heavy atom. The highest BCUT2D eigenvalue weighted by molar-refractivity contribution is 4.94. The number of nitrogens with zero attached hydrogens (tertiary/aromatic N) is 3. The third kappa shape index (κ3) is 1.58. The van der Waals surface area contributed by atoms with Gasteiger partial charge >= 0.3 is 0 Å². The first-order valence-corrected chi connectivity index (χ1v) is 4.16. The van der Waals surface area contributed by atoms with Gasteiger partial charge in [0.05, 0.1) is 6.61 Å². The van der Waals surface area contributed by atoms with Crippen LogP contribution in [-0.4, -0.2) is 28.2 Å². The van der Waals surface area contributed by atoms with E-state index in [0.29, 0.717) is 5.92 Å². The summed E-state index contributed by atoms with van der Waals surface area (Å²) in [6.45, 7) is 1.63. The molecule has 1 aromatic heterocycles. The fourth-order valence-corrected chi connectivity index (χ4v) is 1.40. The van der Waals surface area contributed by atoms with Gasteiger partial charge in [0.1, 0.15) is 18.5 Å². The molecule has 2 heterocycles. The molecule has 0 bridgehead atoms. The van der Waals surface area contributed by atoms with Crippen LogP contribution in [0.15, 0.2) is 12.7 Å². The highest BCUT2D eigenvalue weighted by atomic mass is 16.5. The Morgan fingerprint density at radius 2 is 2.17 bits per heavy atom. The van der Waals surface area contributed by atoms with Crippen LogP contribution in [0.25, 0.3) is 0 Å². The molecule has 12 heavy (non-hydrogen) atoms. The minimum Gasteiger partial charge on any atom is -0.381 e. The van der Waals surface area contributed by atoms with E-state index in [1.165, 1.54) is 12.7 Å². The molecule has 1 aliphatic heterocycles. The van der Waals surface area contributed by atoms with E-state index < -0.39 is 0 Å². The van der Waals surface area contributed by atoms with Crippen molar-refractivity contribution in [1.29, 1.82) is 0 Å². The van der Waals surface area contributed by atoms with Crippen LogP contribution in [0.5, 0.6) is 0 Å². The van der Waals surface area contributed by atoms with Gasteiger partial charge in [-0.1, -0.05) is 0 Å². The van der Waals surface area contributed by atoms with E-state index in [9.17, 15) is 0 Å². The molecule has 0 radical (unpaired) electrons. The van der Waals surface area contributed by atoms with Crippen LogP contribution in [0.2, 0.25) is 0 Å². The third-order valence-corrected chi connectivity index (χ3v) is 2.04. The number of aromatic nitrogens is 3. The SMILES string of the molecule is c1ncnc(C2CCCOC2)n1. The maximum absolute atomic E-state index is 5.34. The number of rotatable bonds is 1. The van der Waals surface area contributed by atoms with Gasteiger partial charge < -0.3 is 4.74 Å². The third-order valence-electron chi connectivity index (χ3n) is 2.04. The standard InChI is InChI=1S/C8H11N3O/c1-2-7(4-12-3-1)8-10-5-9-6-11-8/h5-7H,1-4H2. The Balaban J connectivity index is 2.08. The van der Waals surface area contributed by atoms with Crippen LogP contribution in [0.1, 0.15) is 24.6 Å². The molecule has 4 heteroatoms. The fraction of sp³-hybridized carbons (Fsp3) is 0.625. The van der Waals surface area contributed by atoms with E-state index in [1.54, 1.807) is 0 Å². The van der Waals surface area contributed by atoms with Crippen LogP contribution in [0.4, 0.5) is 0 Å². The van der Waals surface area contributed by atoms with Crippen molar-refractivity contribution in [3.05, 3.63) is 18.5 Å². The van der Waals surface area contributed by atoms with Gasteiger partial charge in [-0.25, -0.2) is 15.0 Å². The average molecular weight is 165 g/mol. The topological polar surface area (TPSA) is 47.9 Å². The van der Waals surface area contributed by atoms with Crippen molar-refractivity contribution in [2.45, 2.75) is 18.8 Å². The lowest BCUT2D eigenvalue weighted by molar-refractivity contribution is 0.0780. The van der Waals surface area contributed by atoms with Gasteiger partial charge in [-0.3, -0.25) is 0 Å². The Bertz CT molecular complexity index is 233. The predicted octanol–water partition coefficient (Wildman–Crippen LogP) is 0.766. The van der Waals surface area contributed by atoms with Crippen LogP contribution in [0.3, 0.4) is 0 Å². The second-order valence-corrected chi connectivity index (χ2v) is 2.91. The van der Waals surface area contributed by atoms with E-state index in [2.05, 4.69) is 15.0 Å². The first kappa shape index (κ1) is 7.61. The molecule has 0 aromatic carbocycles. The summed E-state index contributed by atoms with van der Waals surface area (Å²) >= 11 is 0. The molecule has 1 saturated heterocycles. The molecule has 2 rings (SSSR count). The van der Waals surface area contributed by atoms with E-state index in [4.69, 9.17) is 4.74 Å². The molecule has 4 nitrogen and oxygen atoms in total. The number of hydrogen-bond donors (Lipinski definition) is 0. The van der Waals surface area contributed by atoms with Gasteiger partial charge in [0.15, 0.2) is 0 Å². The maximum atomic E-state index is 5.34. The van der Waals surface area contributed by atoms with Crippen molar-refractivity contribution in [3.8, 4) is 0 Å². The van der Waals surface area contributed by atoms with Gasteiger partial charge in [0, 0.05) is 12.5 Å². The number of hydrogen-bond acceptors (Lipinski definition) is 4. The second kappa shape index (κ2) is 3.58. The quantitative estimate of drug-likeness (QED) is 0.616. The average Bonchev–Trinajstić information content (AvgIpc) is 2.21. The summed E-state index contributed by atoms with van der Waals surface area (Å²) in [4.78, 5) is 12.0. The smallest absolute Gasteiger partial charge is 0.137 e. The highest BCUT2D eigenvalue weighted by Gasteiger charge is 2.17. The second-order valence-electron chi connectivity index (χ2n) is 2.91. The van der Waals surface area contributed by atoms with Gasteiger partial charge in [0.2, 0.25) is 0 Å². The summed E-state index contributed by atoms with van der Waals surface area (Å²) in [5.41, 5.74) is 0. The molecular weight excluding hydrogens is 154 g/mol. The first-order valence-electron chi connectivity index (χ1n) is 4.16. The van der Waals surface area contributed by atoms with E-state index in [0.717, 1.165) is 31.9 Å². The number of ether oxygens (including phenoxy) is 1. The van der Waals surface area contributed by atoms with Crippen LogP contribution in [-0.2, 0) is 4.74 Å². The lowest BCUT2D eigenvalue weighted by Gasteiger charge is -2.19. The normalized spacial score (nSPS) is 23.8. The van der Waals surface area contributed by atoms with E-state index >= 15 is 0 Å². The monoisotopic (exact) mass is 165 g/mol. The molecule has 1 fully saturated rings. The van der Waals surface area contributed by atoms with Crippen LogP contribution in [0, 0.1) is 0 Å².